The van der Waals surface area contributed by atoms with Gasteiger partial charge in [-0.1, -0.05) is 28.1 Å². The van der Waals surface area contributed by atoms with Gasteiger partial charge in [-0.15, -0.1) is 0 Å². The van der Waals surface area contributed by atoms with Gasteiger partial charge >= 0.3 is 5.97 Å². The third kappa shape index (κ3) is 3.76. The Hall–Kier alpha value is -2.01. The molecule has 21 heavy (non-hydrogen) atoms. The average molecular weight is 350 g/mol. The highest BCUT2D eigenvalue weighted by Crippen LogP contribution is 2.30. The maximum absolute atomic E-state index is 11.6. The minimum absolute atomic E-state index is 0.614. The highest BCUT2D eigenvalue weighted by molar-refractivity contribution is 9.10. The summed E-state index contributed by atoms with van der Waals surface area (Å²) in [5, 5.41) is 12.6. The number of carboxylic acids is 1. The molecule has 0 aromatic heterocycles. The Morgan fingerprint density at radius 1 is 1.29 bits per heavy atom. The van der Waals surface area contributed by atoms with Crippen molar-refractivity contribution in [1.82, 2.24) is 0 Å². The molecular formula is C16H16BrNO3. The minimum Gasteiger partial charge on any atom is -0.497 e. The summed E-state index contributed by atoms with van der Waals surface area (Å²) in [6.45, 7) is 1.96. The Bertz CT molecular complexity index is 658. The molecule has 0 radical (unpaired) electrons. The summed E-state index contributed by atoms with van der Waals surface area (Å²) < 4.78 is 5.89. The molecule has 0 spiro atoms. The van der Waals surface area contributed by atoms with Crippen LogP contribution in [0.4, 0.5) is 5.69 Å². The minimum atomic E-state index is -0.953. The van der Waals surface area contributed by atoms with Crippen molar-refractivity contribution >= 4 is 27.6 Å². The lowest BCUT2D eigenvalue weighted by Crippen LogP contribution is -2.21. The van der Waals surface area contributed by atoms with Crippen LogP contribution in [0.5, 0.6) is 5.75 Å². The van der Waals surface area contributed by atoms with Gasteiger partial charge in [0.05, 0.1) is 7.11 Å². The summed E-state index contributed by atoms with van der Waals surface area (Å²) in [7, 11) is 1.55. The molecular weight excluding hydrogens is 334 g/mol. The highest BCUT2D eigenvalue weighted by Gasteiger charge is 2.22. The summed E-state index contributed by atoms with van der Waals surface area (Å²) >= 11 is 3.40. The number of hydrogen-bond donors (Lipinski definition) is 2. The molecule has 0 saturated carbocycles. The summed E-state index contributed by atoms with van der Waals surface area (Å²) in [6.07, 6.45) is 0. The predicted molar refractivity (Wildman–Crippen MR) is 85.9 cm³/mol. The van der Waals surface area contributed by atoms with Crippen LogP contribution in [-0.4, -0.2) is 18.2 Å². The van der Waals surface area contributed by atoms with Crippen molar-refractivity contribution in [2.24, 2.45) is 0 Å². The first kappa shape index (κ1) is 15.4. The fourth-order valence-electron chi connectivity index (χ4n) is 2.04. The van der Waals surface area contributed by atoms with Crippen molar-refractivity contribution in [3.05, 3.63) is 58.1 Å². The van der Waals surface area contributed by atoms with E-state index in [0.29, 0.717) is 11.3 Å². The van der Waals surface area contributed by atoms with Gasteiger partial charge in [-0.05, 0) is 42.8 Å². The molecule has 0 amide bonds. The van der Waals surface area contributed by atoms with Crippen molar-refractivity contribution in [3.63, 3.8) is 0 Å². The smallest absolute Gasteiger partial charge is 0.330 e. The van der Waals surface area contributed by atoms with Crippen molar-refractivity contribution in [2.75, 3.05) is 12.4 Å². The normalized spacial score (nSPS) is 11.8. The number of carboxylic acid groups (broad SMARTS) is 1. The molecule has 1 unspecified atom stereocenters. The van der Waals surface area contributed by atoms with Gasteiger partial charge in [0.15, 0.2) is 6.04 Å². The first-order chi connectivity index (χ1) is 10.0. The van der Waals surface area contributed by atoms with Gasteiger partial charge in [-0.25, -0.2) is 4.79 Å². The van der Waals surface area contributed by atoms with Crippen LogP contribution in [0.3, 0.4) is 0 Å². The van der Waals surface area contributed by atoms with Crippen LogP contribution < -0.4 is 10.1 Å². The molecule has 2 aromatic rings. The lowest BCUT2D eigenvalue weighted by molar-refractivity contribution is -0.138. The number of ether oxygens (including phenoxy) is 1. The summed E-state index contributed by atoms with van der Waals surface area (Å²) in [6, 6.07) is 12.0. The number of nitrogens with one attached hydrogen (secondary N) is 1. The number of aryl methyl sites for hydroxylation is 1. The van der Waals surface area contributed by atoms with E-state index in [9.17, 15) is 9.90 Å². The van der Waals surface area contributed by atoms with Crippen molar-refractivity contribution in [1.29, 1.82) is 0 Å². The Kier molecular flexibility index (Phi) is 4.85. The highest BCUT2D eigenvalue weighted by atomic mass is 79.9. The molecule has 0 aliphatic carbocycles. The molecule has 1 atom stereocenters. The van der Waals surface area contributed by atoms with Gasteiger partial charge in [-0.3, -0.25) is 0 Å². The van der Waals surface area contributed by atoms with Crippen LogP contribution in [0.25, 0.3) is 0 Å². The molecule has 0 bridgehead atoms. The Morgan fingerprint density at radius 3 is 2.67 bits per heavy atom. The zero-order valence-corrected chi connectivity index (χ0v) is 13.3. The molecule has 2 N–H and O–H groups in total. The first-order valence-corrected chi connectivity index (χ1v) is 7.20. The van der Waals surface area contributed by atoms with Gasteiger partial charge in [0.1, 0.15) is 5.75 Å². The first-order valence-electron chi connectivity index (χ1n) is 6.40. The fraction of sp³-hybridized carbons (Fsp3) is 0.188. The second kappa shape index (κ2) is 6.63. The van der Waals surface area contributed by atoms with Gasteiger partial charge in [0, 0.05) is 15.7 Å². The number of methoxy groups -OCH3 is 1. The van der Waals surface area contributed by atoms with Crippen LogP contribution in [0.15, 0.2) is 46.9 Å². The van der Waals surface area contributed by atoms with Crippen LogP contribution in [0.2, 0.25) is 0 Å². The zero-order valence-electron chi connectivity index (χ0n) is 11.8. The molecule has 5 heteroatoms. The van der Waals surface area contributed by atoms with E-state index in [1.165, 1.54) is 0 Å². The lowest BCUT2D eigenvalue weighted by Gasteiger charge is -2.18. The van der Waals surface area contributed by atoms with Gasteiger partial charge in [-0.2, -0.15) is 0 Å². The Morgan fingerprint density at radius 2 is 2.05 bits per heavy atom. The number of carbonyl (C=O) groups is 1. The van der Waals surface area contributed by atoms with Crippen LogP contribution in [0, 0.1) is 6.92 Å². The van der Waals surface area contributed by atoms with E-state index in [1.807, 2.05) is 31.2 Å². The summed E-state index contributed by atoms with van der Waals surface area (Å²) in [5.41, 5.74) is 2.44. The summed E-state index contributed by atoms with van der Waals surface area (Å²) in [4.78, 5) is 11.6. The van der Waals surface area contributed by atoms with Gasteiger partial charge in [0.2, 0.25) is 0 Å². The third-order valence-electron chi connectivity index (χ3n) is 3.09. The average Bonchev–Trinajstić information content (AvgIpc) is 2.45. The summed E-state index contributed by atoms with van der Waals surface area (Å²) in [5.74, 6) is -0.337. The van der Waals surface area contributed by atoms with E-state index in [-0.39, 0.29) is 0 Å². The van der Waals surface area contributed by atoms with Crippen molar-refractivity contribution < 1.29 is 14.6 Å². The zero-order chi connectivity index (χ0) is 15.4. The Balaban J connectivity index is 2.37. The molecule has 0 aliphatic rings. The predicted octanol–water partition coefficient (Wildman–Crippen LogP) is 4.00. The molecule has 0 fully saturated rings. The second-order valence-electron chi connectivity index (χ2n) is 4.67. The van der Waals surface area contributed by atoms with E-state index in [2.05, 4.69) is 21.2 Å². The monoisotopic (exact) mass is 349 g/mol. The maximum atomic E-state index is 11.6. The van der Waals surface area contributed by atoms with Gasteiger partial charge in [0.25, 0.3) is 0 Å². The third-order valence-corrected chi connectivity index (χ3v) is 3.81. The molecule has 2 aromatic carbocycles. The van der Waals surface area contributed by atoms with E-state index >= 15 is 0 Å². The standard InChI is InChI=1S/C16H16BrNO3/c1-10-4-3-5-11(8-10)18-15(16(19)20)13-9-12(21-2)6-7-14(13)17/h3-9,15,18H,1-2H3,(H,19,20). The quantitative estimate of drug-likeness (QED) is 0.856. The molecule has 0 saturated heterocycles. The van der Waals surface area contributed by atoms with Gasteiger partial charge < -0.3 is 15.2 Å². The van der Waals surface area contributed by atoms with E-state index in [0.717, 1.165) is 15.7 Å². The van der Waals surface area contributed by atoms with E-state index in [1.54, 1.807) is 25.3 Å². The van der Waals surface area contributed by atoms with Crippen LogP contribution in [-0.2, 0) is 4.79 Å². The number of hydrogen-bond acceptors (Lipinski definition) is 3. The molecule has 0 aliphatic heterocycles. The molecule has 110 valence electrons. The van der Waals surface area contributed by atoms with E-state index in [4.69, 9.17) is 4.74 Å². The molecule has 2 rings (SSSR count). The number of benzene rings is 2. The maximum Gasteiger partial charge on any atom is 0.330 e. The second-order valence-corrected chi connectivity index (χ2v) is 5.53. The SMILES string of the molecule is COc1ccc(Br)c(C(Nc2cccc(C)c2)C(=O)O)c1. The Labute approximate surface area is 131 Å². The lowest BCUT2D eigenvalue weighted by atomic mass is 10.1. The molecule has 0 heterocycles. The fourth-order valence-corrected chi connectivity index (χ4v) is 2.52. The largest absolute Gasteiger partial charge is 0.497 e. The van der Waals surface area contributed by atoms with Crippen LogP contribution in [0.1, 0.15) is 17.2 Å². The number of rotatable bonds is 5. The van der Waals surface area contributed by atoms with Crippen molar-refractivity contribution in [2.45, 2.75) is 13.0 Å². The molecule has 4 nitrogen and oxygen atoms in total. The number of anilines is 1. The topological polar surface area (TPSA) is 58.6 Å². The van der Waals surface area contributed by atoms with Crippen molar-refractivity contribution in [3.8, 4) is 5.75 Å². The van der Waals surface area contributed by atoms with E-state index < -0.39 is 12.0 Å². The van der Waals surface area contributed by atoms with Crippen LogP contribution >= 0.6 is 15.9 Å². The number of aliphatic carboxylic acids is 1. The number of halogens is 1.